The van der Waals surface area contributed by atoms with Gasteiger partial charge in [0.25, 0.3) is 0 Å². The Kier molecular flexibility index (Phi) is 4.55. The molecule has 6 heteroatoms. The Labute approximate surface area is 116 Å². The molecule has 0 saturated heterocycles. The molecule has 2 rings (SSSR count). The highest BCUT2D eigenvalue weighted by Crippen LogP contribution is 2.35. The predicted octanol–water partition coefficient (Wildman–Crippen LogP) is 2.39. The predicted molar refractivity (Wildman–Crippen MR) is 71.7 cm³/mol. The van der Waals surface area contributed by atoms with Gasteiger partial charge in [0.05, 0.1) is 12.2 Å². The number of alkyl halides is 3. The number of anilines is 1. The van der Waals surface area contributed by atoms with Crippen LogP contribution >= 0.6 is 0 Å². The van der Waals surface area contributed by atoms with Crippen LogP contribution in [0.4, 0.5) is 18.9 Å². The topological polar surface area (TPSA) is 35.5 Å². The number of hydrogen-bond donors (Lipinski definition) is 2. The SMILES string of the molecule is CN(CCO)c1ccc(CNC2CC2)c(C(F)(F)F)c1. The van der Waals surface area contributed by atoms with E-state index in [0.29, 0.717) is 18.3 Å². The van der Waals surface area contributed by atoms with Gasteiger partial charge in [-0.05, 0) is 30.5 Å². The molecule has 0 bridgehead atoms. The zero-order valence-electron chi connectivity index (χ0n) is 11.4. The smallest absolute Gasteiger partial charge is 0.395 e. The Bertz CT molecular complexity index is 458. The van der Waals surface area contributed by atoms with Gasteiger partial charge in [0.2, 0.25) is 0 Å². The van der Waals surface area contributed by atoms with Crippen molar-refractivity contribution < 1.29 is 18.3 Å². The number of likely N-dealkylation sites (N-methyl/N-ethyl adjacent to an activating group) is 1. The fourth-order valence-electron chi connectivity index (χ4n) is 2.04. The second-order valence-electron chi connectivity index (χ2n) is 5.14. The van der Waals surface area contributed by atoms with E-state index in [2.05, 4.69) is 5.32 Å². The molecule has 112 valence electrons. The van der Waals surface area contributed by atoms with Crippen molar-refractivity contribution in [2.45, 2.75) is 31.6 Å². The first-order valence-electron chi connectivity index (χ1n) is 6.67. The fourth-order valence-corrected chi connectivity index (χ4v) is 2.04. The molecule has 0 atom stereocenters. The molecule has 20 heavy (non-hydrogen) atoms. The van der Waals surface area contributed by atoms with Crippen molar-refractivity contribution in [3.05, 3.63) is 29.3 Å². The molecule has 1 aliphatic rings. The van der Waals surface area contributed by atoms with E-state index >= 15 is 0 Å². The normalized spacial score (nSPS) is 15.4. The molecule has 1 saturated carbocycles. The number of halogens is 3. The molecule has 1 aliphatic carbocycles. The standard InChI is InChI=1S/C14H19F3N2O/c1-19(6-7-20)12-5-2-10(9-18-11-3-4-11)13(8-12)14(15,16)17/h2,5,8,11,18,20H,3-4,6-7,9H2,1H3. The number of nitrogens with zero attached hydrogens (tertiary/aromatic N) is 1. The average molecular weight is 288 g/mol. The quantitative estimate of drug-likeness (QED) is 0.843. The molecule has 0 aliphatic heterocycles. The maximum Gasteiger partial charge on any atom is 0.416 e. The summed E-state index contributed by atoms with van der Waals surface area (Å²) in [6.07, 6.45) is -2.28. The van der Waals surface area contributed by atoms with Crippen molar-refractivity contribution in [2.24, 2.45) is 0 Å². The van der Waals surface area contributed by atoms with E-state index in [4.69, 9.17) is 5.11 Å². The number of hydrogen-bond acceptors (Lipinski definition) is 3. The summed E-state index contributed by atoms with van der Waals surface area (Å²) in [5, 5.41) is 12.0. The third-order valence-corrected chi connectivity index (χ3v) is 3.43. The van der Waals surface area contributed by atoms with Gasteiger partial charge in [0.15, 0.2) is 0 Å². The van der Waals surface area contributed by atoms with Crippen LogP contribution in [0.2, 0.25) is 0 Å². The minimum atomic E-state index is -4.36. The largest absolute Gasteiger partial charge is 0.416 e. The van der Waals surface area contributed by atoms with E-state index in [1.165, 1.54) is 6.07 Å². The summed E-state index contributed by atoms with van der Waals surface area (Å²) in [6.45, 7) is 0.448. The van der Waals surface area contributed by atoms with Crippen molar-refractivity contribution in [2.75, 3.05) is 25.1 Å². The summed E-state index contributed by atoms with van der Waals surface area (Å²) in [6, 6.07) is 4.70. The van der Waals surface area contributed by atoms with Crippen LogP contribution in [0.3, 0.4) is 0 Å². The van der Waals surface area contributed by atoms with Crippen LogP contribution in [-0.2, 0) is 12.7 Å². The number of aliphatic hydroxyl groups excluding tert-OH is 1. The van der Waals surface area contributed by atoms with E-state index in [-0.39, 0.29) is 18.7 Å². The first-order chi connectivity index (χ1) is 9.41. The van der Waals surface area contributed by atoms with Crippen LogP contribution in [0.5, 0.6) is 0 Å². The summed E-state index contributed by atoms with van der Waals surface area (Å²) in [4.78, 5) is 1.60. The summed E-state index contributed by atoms with van der Waals surface area (Å²) < 4.78 is 39.4. The first kappa shape index (κ1) is 15.1. The molecule has 0 radical (unpaired) electrons. The van der Waals surface area contributed by atoms with Crippen molar-refractivity contribution in [1.82, 2.24) is 5.32 Å². The molecule has 0 amide bonds. The number of benzene rings is 1. The number of aliphatic hydroxyl groups is 1. The fraction of sp³-hybridized carbons (Fsp3) is 0.571. The Morgan fingerprint density at radius 1 is 1.35 bits per heavy atom. The Morgan fingerprint density at radius 2 is 2.05 bits per heavy atom. The van der Waals surface area contributed by atoms with Crippen molar-refractivity contribution in [3.63, 3.8) is 0 Å². The highest BCUT2D eigenvalue weighted by Gasteiger charge is 2.34. The van der Waals surface area contributed by atoms with E-state index in [0.717, 1.165) is 18.9 Å². The molecular weight excluding hydrogens is 269 g/mol. The molecule has 1 aromatic carbocycles. The molecule has 0 unspecified atom stereocenters. The maximum atomic E-state index is 13.1. The van der Waals surface area contributed by atoms with Gasteiger partial charge in [0, 0.05) is 31.9 Å². The molecule has 1 fully saturated rings. The second kappa shape index (κ2) is 6.01. The zero-order chi connectivity index (χ0) is 14.8. The summed E-state index contributed by atoms with van der Waals surface area (Å²) in [5.74, 6) is 0. The van der Waals surface area contributed by atoms with Gasteiger partial charge < -0.3 is 15.3 Å². The Morgan fingerprint density at radius 3 is 2.60 bits per heavy atom. The van der Waals surface area contributed by atoms with E-state index in [1.54, 1.807) is 18.0 Å². The lowest BCUT2D eigenvalue weighted by atomic mass is 10.1. The molecule has 2 N–H and O–H groups in total. The Balaban J connectivity index is 2.22. The van der Waals surface area contributed by atoms with Gasteiger partial charge >= 0.3 is 6.18 Å². The number of nitrogens with one attached hydrogen (secondary N) is 1. The van der Waals surface area contributed by atoms with Crippen LogP contribution in [0.1, 0.15) is 24.0 Å². The number of rotatable bonds is 6. The molecule has 0 aromatic heterocycles. The highest BCUT2D eigenvalue weighted by atomic mass is 19.4. The maximum absolute atomic E-state index is 13.1. The van der Waals surface area contributed by atoms with E-state index in [1.807, 2.05) is 0 Å². The molecule has 0 spiro atoms. The second-order valence-corrected chi connectivity index (χ2v) is 5.14. The van der Waals surface area contributed by atoms with Gasteiger partial charge in [-0.15, -0.1) is 0 Å². The van der Waals surface area contributed by atoms with Gasteiger partial charge in [-0.25, -0.2) is 0 Å². The van der Waals surface area contributed by atoms with Crippen molar-refractivity contribution in [3.8, 4) is 0 Å². The summed E-state index contributed by atoms with van der Waals surface area (Å²) in [7, 11) is 1.66. The van der Waals surface area contributed by atoms with Gasteiger partial charge in [-0.1, -0.05) is 6.07 Å². The third-order valence-electron chi connectivity index (χ3n) is 3.43. The highest BCUT2D eigenvalue weighted by molar-refractivity contribution is 5.51. The molecule has 0 heterocycles. The van der Waals surface area contributed by atoms with Crippen LogP contribution < -0.4 is 10.2 Å². The lowest BCUT2D eigenvalue weighted by molar-refractivity contribution is -0.138. The van der Waals surface area contributed by atoms with Crippen LogP contribution in [0, 0.1) is 0 Å². The van der Waals surface area contributed by atoms with E-state index < -0.39 is 11.7 Å². The monoisotopic (exact) mass is 288 g/mol. The summed E-state index contributed by atoms with van der Waals surface area (Å²) >= 11 is 0. The lowest BCUT2D eigenvalue weighted by Gasteiger charge is -2.21. The van der Waals surface area contributed by atoms with Crippen molar-refractivity contribution in [1.29, 1.82) is 0 Å². The molecular formula is C14H19F3N2O. The van der Waals surface area contributed by atoms with Crippen molar-refractivity contribution >= 4 is 5.69 Å². The molecule has 1 aromatic rings. The van der Waals surface area contributed by atoms with Crippen LogP contribution in [0.25, 0.3) is 0 Å². The average Bonchev–Trinajstić information content (AvgIpc) is 3.19. The van der Waals surface area contributed by atoms with Gasteiger partial charge in [0.1, 0.15) is 0 Å². The van der Waals surface area contributed by atoms with Crippen LogP contribution in [-0.4, -0.2) is 31.3 Å². The Hall–Kier alpha value is -1.27. The molecule has 3 nitrogen and oxygen atoms in total. The minimum absolute atomic E-state index is 0.0944. The van der Waals surface area contributed by atoms with Gasteiger partial charge in [-0.3, -0.25) is 0 Å². The van der Waals surface area contributed by atoms with Gasteiger partial charge in [-0.2, -0.15) is 13.2 Å². The summed E-state index contributed by atoms with van der Waals surface area (Å²) in [5.41, 5.74) is 0.125. The van der Waals surface area contributed by atoms with E-state index in [9.17, 15) is 13.2 Å². The minimum Gasteiger partial charge on any atom is -0.395 e. The third kappa shape index (κ3) is 3.86. The van der Waals surface area contributed by atoms with Crippen LogP contribution in [0.15, 0.2) is 18.2 Å². The lowest BCUT2D eigenvalue weighted by Crippen LogP contribution is -2.23. The zero-order valence-corrected chi connectivity index (χ0v) is 11.4. The first-order valence-corrected chi connectivity index (χ1v) is 6.67.